The minimum atomic E-state index is 0.0427. The van der Waals surface area contributed by atoms with Gasteiger partial charge in [0, 0.05) is 37.5 Å². The molecule has 0 aliphatic heterocycles. The van der Waals surface area contributed by atoms with Gasteiger partial charge in [0.25, 0.3) is 0 Å². The van der Waals surface area contributed by atoms with Crippen molar-refractivity contribution in [2.75, 3.05) is 19.0 Å². The van der Waals surface area contributed by atoms with Crippen molar-refractivity contribution in [3.8, 4) is 22.6 Å². The molecule has 1 aromatic carbocycles. The van der Waals surface area contributed by atoms with E-state index < -0.39 is 0 Å². The first kappa shape index (κ1) is 11.3. The lowest BCUT2D eigenvalue weighted by Gasteiger charge is -2.16. The van der Waals surface area contributed by atoms with Gasteiger partial charge in [-0.2, -0.15) is 0 Å². The molecule has 2 aromatic rings. The summed E-state index contributed by atoms with van der Waals surface area (Å²) in [4.78, 5) is 6.15. The molecule has 0 fully saturated rings. The van der Waals surface area contributed by atoms with Crippen molar-refractivity contribution >= 4 is 5.82 Å². The second-order valence-electron chi connectivity index (χ2n) is 3.97. The number of rotatable bonds is 2. The van der Waals surface area contributed by atoms with Gasteiger partial charge in [-0.1, -0.05) is 0 Å². The van der Waals surface area contributed by atoms with E-state index in [1.165, 1.54) is 6.07 Å². The van der Waals surface area contributed by atoms with E-state index >= 15 is 0 Å². The molecular formula is C13H14N2O2. The molecule has 0 aliphatic carbocycles. The third-order valence-electron chi connectivity index (χ3n) is 2.48. The Labute approximate surface area is 99.8 Å². The highest BCUT2D eigenvalue weighted by Crippen LogP contribution is 2.35. The van der Waals surface area contributed by atoms with Crippen molar-refractivity contribution in [3.05, 3.63) is 36.5 Å². The van der Waals surface area contributed by atoms with Crippen LogP contribution in [0.5, 0.6) is 11.5 Å². The topological polar surface area (TPSA) is 56.6 Å². The Bertz CT molecular complexity index is 539. The molecule has 4 heteroatoms. The second-order valence-corrected chi connectivity index (χ2v) is 3.97. The quantitative estimate of drug-likeness (QED) is 0.830. The van der Waals surface area contributed by atoms with Crippen LogP contribution in [-0.4, -0.2) is 29.3 Å². The highest BCUT2D eigenvalue weighted by Gasteiger charge is 2.11. The van der Waals surface area contributed by atoms with E-state index in [9.17, 15) is 10.2 Å². The summed E-state index contributed by atoms with van der Waals surface area (Å²) in [6, 6.07) is 8.24. The standard InChI is InChI=1S/C13H14N2O2/c1-15(2)13-11(4-3-7-14-13)10-6-5-9(16)8-12(10)17/h3-8,16-17H,1-2H3. The smallest absolute Gasteiger partial charge is 0.136 e. The van der Waals surface area contributed by atoms with Crippen LogP contribution >= 0.6 is 0 Å². The summed E-state index contributed by atoms with van der Waals surface area (Å²) in [6.07, 6.45) is 1.70. The van der Waals surface area contributed by atoms with Gasteiger partial charge in [-0.3, -0.25) is 0 Å². The van der Waals surface area contributed by atoms with Crippen LogP contribution in [0.1, 0.15) is 0 Å². The minimum Gasteiger partial charge on any atom is -0.508 e. The monoisotopic (exact) mass is 230 g/mol. The molecule has 2 rings (SSSR count). The number of hydrogen-bond donors (Lipinski definition) is 2. The normalized spacial score (nSPS) is 10.2. The Morgan fingerprint density at radius 1 is 1.06 bits per heavy atom. The van der Waals surface area contributed by atoms with Crippen LogP contribution in [0.25, 0.3) is 11.1 Å². The number of aromatic nitrogens is 1. The van der Waals surface area contributed by atoms with E-state index in [0.717, 1.165) is 11.4 Å². The van der Waals surface area contributed by atoms with E-state index in [1.807, 2.05) is 31.1 Å². The summed E-state index contributed by atoms with van der Waals surface area (Å²) in [5.74, 6) is 0.858. The van der Waals surface area contributed by atoms with Gasteiger partial charge < -0.3 is 15.1 Å². The molecule has 0 saturated heterocycles. The van der Waals surface area contributed by atoms with Crippen molar-refractivity contribution in [1.29, 1.82) is 0 Å². The first-order chi connectivity index (χ1) is 8.09. The number of nitrogens with zero attached hydrogens (tertiary/aromatic N) is 2. The lowest BCUT2D eigenvalue weighted by Crippen LogP contribution is -2.11. The van der Waals surface area contributed by atoms with Crippen LogP contribution in [0.3, 0.4) is 0 Å². The summed E-state index contributed by atoms with van der Waals surface area (Å²) >= 11 is 0. The van der Waals surface area contributed by atoms with Crippen molar-refractivity contribution < 1.29 is 10.2 Å². The Hall–Kier alpha value is -2.23. The Morgan fingerprint density at radius 2 is 1.82 bits per heavy atom. The molecule has 4 nitrogen and oxygen atoms in total. The molecule has 0 bridgehead atoms. The average molecular weight is 230 g/mol. The SMILES string of the molecule is CN(C)c1ncccc1-c1ccc(O)cc1O. The summed E-state index contributed by atoms with van der Waals surface area (Å²) < 4.78 is 0. The van der Waals surface area contributed by atoms with E-state index in [4.69, 9.17) is 0 Å². The number of anilines is 1. The van der Waals surface area contributed by atoms with Gasteiger partial charge in [-0.15, -0.1) is 0 Å². The van der Waals surface area contributed by atoms with Crippen LogP contribution < -0.4 is 4.90 Å². The number of hydrogen-bond acceptors (Lipinski definition) is 4. The van der Waals surface area contributed by atoms with E-state index in [1.54, 1.807) is 18.3 Å². The Morgan fingerprint density at radius 3 is 2.47 bits per heavy atom. The van der Waals surface area contributed by atoms with Crippen molar-refractivity contribution in [1.82, 2.24) is 4.98 Å². The van der Waals surface area contributed by atoms with Gasteiger partial charge >= 0.3 is 0 Å². The summed E-state index contributed by atoms with van der Waals surface area (Å²) in [7, 11) is 3.78. The molecule has 17 heavy (non-hydrogen) atoms. The molecule has 1 heterocycles. The van der Waals surface area contributed by atoms with Crippen LogP contribution in [0.4, 0.5) is 5.82 Å². The number of benzene rings is 1. The zero-order valence-electron chi connectivity index (χ0n) is 9.75. The second kappa shape index (κ2) is 4.33. The maximum atomic E-state index is 9.84. The number of pyridine rings is 1. The van der Waals surface area contributed by atoms with Crippen molar-refractivity contribution in [2.45, 2.75) is 0 Å². The predicted octanol–water partition coefficient (Wildman–Crippen LogP) is 2.23. The van der Waals surface area contributed by atoms with E-state index in [2.05, 4.69) is 4.98 Å². The fourth-order valence-corrected chi connectivity index (χ4v) is 1.71. The first-order valence-corrected chi connectivity index (χ1v) is 5.24. The Balaban J connectivity index is 2.60. The van der Waals surface area contributed by atoms with Crippen LogP contribution in [0.15, 0.2) is 36.5 Å². The lowest BCUT2D eigenvalue weighted by molar-refractivity contribution is 0.452. The minimum absolute atomic E-state index is 0.0427. The van der Waals surface area contributed by atoms with Crippen molar-refractivity contribution in [3.63, 3.8) is 0 Å². The zero-order valence-corrected chi connectivity index (χ0v) is 9.75. The van der Waals surface area contributed by atoms with Gasteiger partial charge in [0.05, 0.1) is 0 Å². The van der Waals surface area contributed by atoms with Gasteiger partial charge in [0.2, 0.25) is 0 Å². The summed E-state index contributed by atoms with van der Waals surface area (Å²) in [6.45, 7) is 0. The van der Waals surface area contributed by atoms with Crippen LogP contribution in [-0.2, 0) is 0 Å². The maximum absolute atomic E-state index is 9.84. The third-order valence-corrected chi connectivity index (χ3v) is 2.48. The molecular weight excluding hydrogens is 216 g/mol. The lowest BCUT2D eigenvalue weighted by atomic mass is 10.0. The fraction of sp³-hybridized carbons (Fsp3) is 0.154. The van der Waals surface area contributed by atoms with Gasteiger partial charge in [0.1, 0.15) is 17.3 Å². The molecule has 0 saturated carbocycles. The number of aromatic hydroxyl groups is 2. The fourth-order valence-electron chi connectivity index (χ4n) is 1.71. The third kappa shape index (κ3) is 2.15. The molecule has 2 N–H and O–H groups in total. The predicted molar refractivity (Wildman–Crippen MR) is 67.3 cm³/mol. The van der Waals surface area contributed by atoms with Crippen LogP contribution in [0.2, 0.25) is 0 Å². The molecule has 0 unspecified atom stereocenters. The summed E-state index contributed by atoms with van der Waals surface area (Å²) in [5, 5.41) is 19.1. The Kier molecular flexibility index (Phi) is 2.87. The molecule has 0 radical (unpaired) electrons. The highest BCUT2D eigenvalue weighted by atomic mass is 16.3. The summed E-state index contributed by atoms with van der Waals surface area (Å²) in [5.41, 5.74) is 1.48. The largest absolute Gasteiger partial charge is 0.508 e. The van der Waals surface area contributed by atoms with Gasteiger partial charge in [-0.05, 0) is 24.3 Å². The average Bonchev–Trinajstić information content (AvgIpc) is 2.29. The van der Waals surface area contributed by atoms with E-state index in [-0.39, 0.29) is 11.5 Å². The maximum Gasteiger partial charge on any atom is 0.136 e. The molecule has 0 spiro atoms. The van der Waals surface area contributed by atoms with Gasteiger partial charge in [0.15, 0.2) is 0 Å². The molecule has 0 aliphatic rings. The first-order valence-electron chi connectivity index (χ1n) is 5.24. The van der Waals surface area contributed by atoms with Gasteiger partial charge in [-0.25, -0.2) is 4.98 Å². The molecule has 1 aromatic heterocycles. The van der Waals surface area contributed by atoms with Crippen molar-refractivity contribution in [2.24, 2.45) is 0 Å². The highest BCUT2D eigenvalue weighted by molar-refractivity contribution is 5.80. The van der Waals surface area contributed by atoms with Crippen LogP contribution in [0, 0.1) is 0 Å². The zero-order chi connectivity index (χ0) is 12.4. The number of phenols is 2. The molecule has 88 valence electrons. The molecule has 0 amide bonds. The number of phenolic OH excluding ortho intramolecular Hbond substituents is 2. The molecule has 0 atom stereocenters. The van der Waals surface area contributed by atoms with E-state index in [0.29, 0.717) is 5.56 Å².